The zero-order chi connectivity index (χ0) is 19.4. The van der Waals surface area contributed by atoms with Crippen molar-refractivity contribution in [2.75, 3.05) is 50.6 Å². The van der Waals surface area contributed by atoms with Gasteiger partial charge in [0.25, 0.3) is 0 Å². The van der Waals surface area contributed by atoms with Gasteiger partial charge in [0.2, 0.25) is 0 Å². The number of aliphatic hydroxyl groups excluding tert-OH is 1. The lowest BCUT2D eigenvalue weighted by atomic mass is 10.0. The second kappa shape index (κ2) is 8.37. The molecule has 2 aromatic rings. The number of anilines is 2. The predicted molar refractivity (Wildman–Crippen MR) is 106 cm³/mol. The third kappa shape index (κ3) is 4.56. The minimum atomic E-state index is -0.464. The van der Waals surface area contributed by atoms with E-state index in [-0.39, 0.29) is 6.61 Å². The molecule has 7 heteroatoms. The number of benzene rings is 1. The number of nitrogens with one attached hydrogen (secondary N) is 1. The first kappa shape index (κ1) is 19.1. The molecule has 1 aliphatic heterocycles. The average molecular weight is 370 g/mol. The first-order chi connectivity index (χ1) is 13.0. The normalized spacial score (nSPS) is 16.7. The molecule has 2 heterocycles. The molecule has 0 aliphatic carbocycles. The summed E-state index contributed by atoms with van der Waals surface area (Å²) in [7, 11) is 4.08. The zero-order valence-corrected chi connectivity index (χ0v) is 16.0. The van der Waals surface area contributed by atoms with Crippen molar-refractivity contribution >= 4 is 17.6 Å². The number of amides is 1. The fourth-order valence-electron chi connectivity index (χ4n) is 3.03. The summed E-state index contributed by atoms with van der Waals surface area (Å²) in [6.07, 6.45) is 0.969. The molecule has 0 bridgehead atoms. The summed E-state index contributed by atoms with van der Waals surface area (Å²) in [6, 6.07) is 9.85. The lowest BCUT2D eigenvalue weighted by Gasteiger charge is -2.16. The van der Waals surface area contributed by atoms with Crippen LogP contribution in [0.25, 0.3) is 11.1 Å². The van der Waals surface area contributed by atoms with Gasteiger partial charge < -0.3 is 20.1 Å². The Morgan fingerprint density at radius 1 is 1.33 bits per heavy atom. The van der Waals surface area contributed by atoms with E-state index in [2.05, 4.69) is 15.2 Å². The smallest absolute Gasteiger partial charge is 0.414 e. The van der Waals surface area contributed by atoms with Crippen LogP contribution in [0, 0.1) is 6.92 Å². The molecule has 1 aromatic carbocycles. The van der Waals surface area contributed by atoms with Crippen molar-refractivity contribution in [3.05, 3.63) is 42.1 Å². The molecule has 0 spiro atoms. The van der Waals surface area contributed by atoms with Crippen molar-refractivity contribution in [3.8, 4) is 11.1 Å². The maximum absolute atomic E-state index is 11.9. The Bertz CT molecular complexity index is 792. The largest absolute Gasteiger partial charge is 0.441 e. The Morgan fingerprint density at radius 3 is 2.74 bits per heavy atom. The third-order valence-electron chi connectivity index (χ3n) is 4.54. The molecule has 1 amide bonds. The Morgan fingerprint density at radius 2 is 2.15 bits per heavy atom. The third-order valence-corrected chi connectivity index (χ3v) is 4.54. The Labute approximate surface area is 159 Å². The van der Waals surface area contributed by atoms with Gasteiger partial charge in [-0.05, 0) is 56.4 Å². The summed E-state index contributed by atoms with van der Waals surface area (Å²) in [5.74, 6) is 0.852. The van der Waals surface area contributed by atoms with Crippen LogP contribution in [0.1, 0.15) is 5.56 Å². The van der Waals surface area contributed by atoms with Crippen molar-refractivity contribution in [1.82, 2.24) is 9.88 Å². The molecule has 0 saturated carbocycles. The van der Waals surface area contributed by atoms with E-state index in [9.17, 15) is 9.90 Å². The second-order valence-corrected chi connectivity index (χ2v) is 6.96. The Balaban J connectivity index is 1.71. The quantitative estimate of drug-likeness (QED) is 0.779. The van der Waals surface area contributed by atoms with E-state index in [0.29, 0.717) is 6.54 Å². The molecule has 7 nitrogen and oxygen atoms in total. The first-order valence-corrected chi connectivity index (χ1v) is 9.02. The van der Waals surface area contributed by atoms with E-state index in [4.69, 9.17) is 4.74 Å². The highest BCUT2D eigenvalue weighted by Gasteiger charge is 2.31. The molecule has 2 N–H and O–H groups in total. The molecule has 1 fully saturated rings. The van der Waals surface area contributed by atoms with Gasteiger partial charge in [-0.15, -0.1) is 0 Å². The van der Waals surface area contributed by atoms with Crippen molar-refractivity contribution in [1.29, 1.82) is 0 Å². The second-order valence-electron chi connectivity index (χ2n) is 6.96. The minimum Gasteiger partial charge on any atom is -0.441 e. The van der Waals surface area contributed by atoms with Crippen LogP contribution in [0.5, 0.6) is 0 Å². The molecule has 144 valence electrons. The van der Waals surface area contributed by atoms with Gasteiger partial charge >= 0.3 is 6.09 Å². The summed E-state index contributed by atoms with van der Waals surface area (Å²) in [4.78, 5) is 20.1. The number of pyridine rings is 1. The van der Waals surface area contributed by atoms with Gasteiger partial charge in [-0.1, -0.05) is 6.07 Å². The number of nitrogens with zero attached hydrogens (tertiary/aromatic N) is 3. The molecular weight excluding hydrogens is 344 g/mol. The van der Waals surface area contributed by atoms with Crippen molar-refractivity contribution in [2.24, 2.45) is 0 Å². The van der Waals surface area contributed by atoms with Gasteiger partial charge in [0.05, 0.1) is 13.2 Å². The van der Waals surface area contributed by atoms with Crippen molar-refractivity contribution in [2.45, 2.75) is 13.0 Å². The van der Waals surface area contributed by atoms with Gasteiger partial charge in [0.15, 0.2) is 0 Å². The first-order valence-electron chi connectivity index (χ1n) is 9.02. The number of hydrogen-bond donors (Lipinski definition) is 2. The average Bonchev–Trinajstić information content (AvgIpc) is 3.03. The van der Waals surface area contributed by atoms with Crippen LogP contribution in [-0.2, 0) is 4.74 Å². The number of ether oxygens (including phenoxy) is 1. The molecule has 0 unspecified atom stereocenters. The number of hydrogen-bond acceptors (Lipinski definition) is 6. The number of cyclic esters (lactones) is 1. The maximum Gasteiger partial charge on any atom is 0.414 e. The lowest BCUT2D eigenvalue weighted by Crippen LogP contribution is -2.25. The van der Waals surface area contributed by atoms with Gasteiger partial charge in [-0.2, -0.15) is 0 Å². The molecular formula is C20H26N4O3. The number of carbonyl (C=O) groups is 1. The molecule has 1 aliphatic rings. The number of rotatable bonds is 7. The Hall–Kier alpha value is -2.64. The van der Waals surface area contributed by atoms with E-state index in [1.54, 1.807) is 4.90 Å². The SMILES string of the molecule is Cc1cc(N2C[C@H](CO)OC2=O)ccc1-c1ccc(NCCN(C)C)nc1. The standard InChI is InChI=1S/C20H26N4O3/c1-14-10-16(24-12-17(13-25)27-20(24)26)5-6-18(14)15-4-7-19(22-11-15)21-8-9-23(2)3/h4-7,10-11,17,25H,8-9,12-13H2,1-3H3,(H,21,22)/t17-/m1/s1. The highest BCUT2D eigenvalue weighted by Crippen LogP contribution is 2.29. The molecule has 1 aromatic heterocycles. The molecule has 27 heavy (non-hydrogen) atoms. The summed E-state index contributed by atoms with van der Waals surface area (Å²) < 4.78 is 5.11. The number of aryl methyl sites for hydroxylation is 1. The van der Waals surface area contributed by atoms with Crippen LogP contribution in [0.3, 0.4) is 0 Å². The minimum absolute atomic E-state index is 0.167. The van der Waals surface area contributed by atoms with E-state index in [1.807, 2.05) is 57.5 Å². The Kier molecular flexibility index (Phi) is 5.93. The van der Waals surface area contributed by atoms with E-state index in [0.717, 1.165) is 41.3 Å². The number of aromatic nitrogens is 1. The van der Waals surface area contributed by atoms with Gasteiger partial charge in [0.1, 0.15) is 11.9 Å². The van der Waals surface area contributed by atoms with Gasteiger partial charge in [-0.3, -0.25) is 4.90 Å². The van der Waals surface area contributed by atoms with Crippen molar-refractivity contribution < 1.29 is 14.6 Å². The highest BCUT2D eigenvalue weighted by atomic mass is 16.6. The van der Waals surface area contributed by atoms with E-state index < -0.39 is 12.2 Å². The number of likely N-dealkylation sites (N-methyl/N-ethyl adjacent to an activating group) is 1. The van der Waals surface area contributed by atoms with Crippen LogP contribution < -0.4 is 10.2 Å². The van der Waals surface area contributed by atoms with Crippen molar-refractivity contribution in [3.63, 3.8) is 0 Å². The zero-order valence-electron chi connectivity index (χ0n) is 16.0. The highest BCUT2D eigenvalue weighted by molar-refractivity contribution is 5.90. The summed E-state index contributed by atoms with van der Waals surface area (Å²) in [5.41, 5.74) is 3.90. The maximum atomic E-state index is 11.9. The topological polar surface area (TPSA) is 77.9 Å². The fourth-order valence-corrected chi connectivity index (χ4v) is 3.03. The molecule has 1 atom stereocenters. The van der Waals surface area contributed by atoms with Crippen LogP contribution in [0.2, 0.25) is 0 Å². The van der Waals surface area contributed by atoms with E-state index >= 15 is 0 Å². The predicted octanol–water partition coefficient (Wildman–Crippen LogP) is 2.35. The summed E-state index contributed by atoms with van der Waals surface area (Å²) in [5, 5.41) is 12.5. The van der Waals surface area contributed by atoms with Gasteiger partial charge in [0, 0.05) is 30.5 Å². The fraction of sp³-hybridized carbons (Fsp3) is 0.400. The van der Waals surface area contributed by atoms with Crippen LogP contribution in [-0.4, -0.2) is 67.5 Å². The van der Waals surface area contributed by atoms with Crippen LogP contribution in [0.4, 0.5) is 16.3 Å². The lowest BCUT2D eigenvalue weighted by molar-refractivity contribution is 0.0963. The number of carbonyl (C=O) groups excluding carboxylic acids is 1. The number of aliphatic hydroxyl groups is 1. The van der Waals surface area contributed by atoms with Gasteiger partial charge in [-0.25, -0.2) is 9.78 Å². The monoisotopic (exact) mass is 370 g/mol. The van der Waals surface area contributed by atoms with Crippen LogP contribution in [0.15, 0.2) is 36.5 Å². The summed E-state index contributed by atoms with van der Waals surface area (Å²) >= 11 is 0. The van der Waals surface area contributed by atoms with E-state index in [1.165, 1.54) is 0 Å². The molecule has 3 rings (SSSR count). The summed E-state index contributed by atoms with van der Waals surface area (Å²) in [6.45, 7) is 3.99. The molecule has 0 radical (unpaired) electrons. The molecule has 1 saturated heterocycles. The van der Waals surface area contributed by atoms with Crippen LogP contribution >= 0.6 is 0 Å².